The molecule has 184 valence electrons. The second kappa shape index (κ2) is 11.3. The Hall–Kier alpha value is -3.72. The fourth-order valence-electron chi connectivity index (χ4n) is 3.68. The van der Waals surface area contributed by atoms with Crippen LogP contribution in [0.1, 0.15) is 11.1 Å². The van der Waals surface area contributed by atoms with Gasteiger partial charge in [0.25, 0.3) is 0 Å². The Bertz CT molecular complexity index is 1450. The number of hydrogen-bond donors (Lipinski definition) is 3. The molecule has 4 rings (SSSR count). The number of carboxylic acids is 1. The number of halogens is 1. The van der Waals surface area contributed by atoms with E-state index in [0.717, 1.165) is 22.5 Å². The Kier molecular flexibility index (Phi) is 8.00. The number of nitrogens with zero attached hydrogens (tertiary/aromatic N) is 1. The number of aliphatic carboxylic acids is 1. The van der Waals surface area contributed by atoms with Crippen LogP contribution in [0.3, 0.4) is 0 Å². The van der Waals surface area contributed by atoms with Crippen molar-refractivity contribution < 1.29 is 18.3 Å². The Morgan fingerprint density at radius 3 is 2.33 bits per heavy atom. The van der Waals surface area contributed by atoms with Crippen LogP contribution in [-0.4, -0.2) is 30.5 Å². The maximum atomic E-state index is 12.7. The fourth-order valence-corrected chi connectivity index (χ4v) is 5.39. The van der Waals surface area contributed by atoms with Crippen molar-refractivity contribution in [3.63, 3.8) is 0 Å². The van der Waals surface area contributed by atoms with Crippen LogP contribution in [0.15, 0.2) is 102 Å². The topological polar surface area (TPSA) is 108 Å². The quantitative estimate of drug-likeness (QED) is 0.271. The van der Waals surface area contributed by atoms with E-state index in [1.807, 2.05) is 48.5 Å². The molecular formula is C27H24ClN3O4S. The van der Waals surface area contributed by atoms with Crippen molar-refractivity contribution in [2.45, 2.75) is 23.9 Å². The Labute approximate surface area is 214 Å². The maximum absolute atomic E-state index is 12.7. The van der Waals surface area contributed by atoms with Gasteiger partial charge in [0.1, 0.15) is 16.8 Å². The molecule has 0 aliphatic heterocycles. The predicted octanol–water partition coefficient (Wildman–Crippen LogP) is 4.99. The summed E-state index contributed by atoms with van der Waals surface area (Å²) in [5.41, 5.74) is 3.74. The van der Waals surface area contributed by atoms with Crippen LogP contribution in [0.5, 0.6) is 0 Å². The average Bonchev–Trinajstić information content (AvgIpc) is 2.88. The highest BCUT2D eigenvalue weighted by Crippen LogP contribution is 2.23. The van der Waals surface area contributed by atoms with Gasteiger partial charge in [-0.2, -0.15) is 4.72 Å². The summed E-state index contributed by atoms with van der Waals surface area (Å²) in [6.45, 7) is 0.620. The molecule has 0 bridgehead atoms. The summed E-state index contributed by atoms with van der Waals surface area (Å²) in [5.74, 6) is -0.479. The van der Waals surface area contributed by atoms with E-state index in [1.165, 1.54) is 18.2 Å². The number of anilines is 1. The molecule has 9 heteroatoms. The van der Waals surface area contributed by atoms with Gasteiger partial charge in [0, 0.05) is 12.7 Å². The lowest BCUT2D eigenvalue weighted by atomic mass is 9.99. The number of rotatable bonds is 10. The lowest BCUT2D eigenvalue weighted by molar-refractivity contribution is -0.138. The minimum Gasteiger partial charge on any atom is -0.480 e. The van der Waals surface area contributed by atoms with E-state index in [1.54, 1.807) is 24.4 Å². The van der Waals surface area contributed by atoms with Crippen LogP contribution in [0, 0.1) is 0 Å². The van der Waals surface area contributed by atoms with Gasteiger partial charge in [0.05, 0.1) is 5.02 Å². The third-order valence-corrected chi connectivity index (χ3v) is 7.49. The van der Waals surface area contributed by atoms with Gasteiger partial charge in [-0.3, -0.25) is 4.79 Å². The van der Waals surface area contributed by atoms with E-state index >= 15 is 0 Å². The SMILES string of the molecule is O=C(O)C(Cc1ccc(-c2cccc(CNc3ccccn3)c2)cc1)NS(=O)(=O)c1ccccc1Cl. The molecule has 3 N–H and O–H groups in total. The zero-order valence-electron chi connectivity index (χ0n) is 19.1. The summed E-state index contributed by atoms with van der Waals surface area (Å²) in [7, 11) is -4.11. The zero-order chi connectivity index (χ0) is 25.5. The second-order valence-electron chi connectivity index (χ2n) is 8.11. The number of aromatic nitrogens is 1. The van der Waals surface area contributed by atoms with E-state index in [0.29, 0.717) is 12.1 Å². The monoisotopic (exact) mass is 521 g/mol. The number of carboxylic acid groups (broad SMARTS) is 1. The molecule has 3 aromatic carbocycles. The third kappa shape index (κ3) is 6.48. The van der Waals surface area contributed by atoms with Gasteiger partial charge in [-0.1, -0.05) is 72.3 Å². The molecule has 1 heterocycles. The summed E-state index contributed by atoms with van der Waals surface area (Å²) < 4.78 is 27.7. The summed E-state index contributed by atoms with van der Waals surface area (Å²) in [5, 5.41) is 12.9. The third-order valence-electron chi connectivity index (χ3n) is 5.51. The first-order valence-corrected chi connectivity index (χ1v) is 13.0. The fraction of sp³-hybridized carbons (Fsp3) is 0.111. The van der Waals surface area contributed by atoms with Crippen molar-refractivity contribution in [1.29, 1.82) is 0 Å². The van der Waals surface area contributed by atoms with Crippen molar-refractivity contribution in [2.24, 2.45) is 0 Å². The van der Waals surface area contributed by atoms with Gasteiger partial charge in [0.2, 0.25) is 10.0 Å². The zero-order valence-corrected chi connectivity index (χ0v) is 20.7. The number of benzene rings is 3. The van der Waals surface area contributed by atoms with Crippen LogP contribution in [-0.2, 0) is 27.8 Å². The lowest BCUT2D eigenvalue weighted by Gasteiger charge is -2.16. The van der Waals surface area contributed by atoms with Gasteiger partial charge in [-0.15, -0.1) is 0 Å². The van der Waals surface area contributed by atoms with E-state index < -0.39 is 22.0 Å². The van der Waals surface area contributed by atoms with Gasteiger partial charge >= 0.3 is 5.97 Å². The first-order chi connectivity index (χ1) is 17.3. The number of sulfonamides is 1. The minimum absolute atomic E-state index is 0.0205. The molecule has 0 spiro atoms. The van der Waals surface area contributed by atoms with Crippen molar-refractivity contribution >= 4 is 33.4 Å². The van der Waals surface area contributed by atoms with Crippen molar-refractivity contribution in [3.05, 3.63) is 113 Å². The van der Waals surface area contributed by atoms with Crippen LogP contribution >= 0.6 is 11.6 Å². The molecule has 0 amide bonds. The Morgan fingerprint density at radius 2 is 1.64 bits per heavy atom. The molecule has 4 aromatic rings. The highest BCUT2D eigenvalue weighted by Gasteiger charge is 2.27. The molecule has 0 saturated carbocycles. The van der Waals surface area contributed by atoms with E-state index in [9.17, 15) is 18.3 Å². The van der Waals surface area contributed by atoms with Crippen LogP contribution in [0.4, 0.5) is 5.82 Å². The Balaban J connectivity index is 1.45. The Morgan fingerprint density at radius 1 is 0.889 bits per heavy atom. The highest BCUT2D eigenvalue weighted by atomic mass is 35.5. The lowest BCUT2D eigenvalue weighted by Crippen LogP contribution is -2.42. The average molecular weight is 522 g/mol. The summed E-state index contributed by atoms with van der Waals surface area (Å²) in [4.78, 5) is 15.9. The van der Waals surface area contributed by atoms with Gasteiger partial charge < -0.3 is 10.4 Å². The minimum atomic E-state index is -4.11. The first kappa shape index (κ1) is 25.4. The van der Waals surface area contributed by atoms with Crippen LogP contribution in [0.25, 0.3) is 11.1 Å². The molecule has 0 saturated heterocycles. The molecule has 1 unspecified atom stereocenters. The molecule has 0 fully saturated rings. The van der Waals surface area contributed by atoms with Crippen molar-refractivity contribution in [1.82, 2.24) is 9.71 Å². The molecule has 1 atom stereocenters. The standard InChI is InChI=1S/C27H24ClN3O4S/c28-23-8-1-2-9-25(23)36(34,35)31-24(27(32)33)17-19-11-13-21(14-12-19)22-7-5-6-20(16-22)18-30-26-10-3-4-15-29-26/h1-16,24,31H,17-18H2,(H,29,30)(H,32,33). The van der Waals surface area contributed by atoms with E-state index in [4.69, 9.17) is 11.6 Å². The molecule has 36 heavy (non-hydrogen) atoms. The molecule has 0 aliphatic carbocycles. The van der Waals surface area contributed by atoms with Gasteiger partial charge in [-0.25, -0.2) is 13.4 Å². The largest absolute Gasteiger partial charge is 0.480 e. The smallest absolute Gasteiger partial charge is 0.322 e. The van der Waals surface area contributed by atoms with E-state index in [-0.39, 0.29) is 16.3 Å². The van der Waals surface area contributed by atoms with Crippen LogP contribution in [0.2, 0.25) is 5.02 Å². The van der Waals surface area contributed by atoms with Crippen molar-refractivity contribution in [2.75, 3.05) is 5.32 Å². The maximum Gasteiger partial charge on any atom is 0.322 e. The van der Waals surface area contributed by atoms with Crippen LogP contribution < -0.4 is 10.0 Å². The summed E-state index contributed by atoms with van der Waals surface area (Å²) >= 11 is 6.00. The van der Waals surface area contributed by atoms with Crippen molar-refractivity contribution in [3.8, 4) is 11.1 Å². The number of hydrogen-bond acceptors (Lipinski definition) is 5. The van der Waals surface area contributed by atoms with E-state index in [2.05, 4.69) is 21.1 Å². The molecular weight excluding hydrogens is 498 g/mol. The molecule has 1 aromatic heterocycles. The number of pyridine rings is 1. The number of nitrogens with one attached hydrogen (secondary N) is 2. The van der Waals surface area contributed by atoms with Gasteiger partial charge in [-0.05, 0) is 59.0 Å². The van der Waals surface area contributed by atoms with Gasteiger partial charge in [0.15, 0.2) is 0 Å². The first-order valence-electron chi connectivity index (χ1n) is 11.1. The summed E-state index contributed by atoms with van der Waals surface area (Å²) in [6, 6.07) is 25.7. The number of carbonyl (C=O) groups is 1. The molecule has 0 radical (unpaired) electrons. The second-order valence-corrected chi connectivity index (χ2v) is 10.2. The normalized spacial score (nSPS) is 12.1. The summed E-state index contributed by atoms with van der Waals surface area (Å²) in [6.07, 6.45) is 1.71. The molecule has 0 aliphatic rings. The highest BCUT2D eigenvalue weighted by molar-refractivity contribution is 7.89. The molecule has 7 nitrogen and oxygen atoms in total. The predicted molar refractivity (Wildman–Crippen MR) is 140 cm³/mol.